The summed E-state index contributed by atoms with van der Waals surface area (Å²) in [5, 5.41) is 13.7. The van der Waals surface area contributed by atoms with Gasteiger partial charge in [-0.2, -0.15) is 13.2 Å². The first-order valence-corrected chi connectivity index (χ1v) is 14.0. The number of unbranched alkanes of at least 4 members (excludes halogenated alkanes) is 1. The number of ether oxygens (including phenoxy) is 1. The first-order valence-electron chi connectivity index (χ1n) is 14.0. The number of rotatable bonds is 11. The molecule has 1 aromatic rings. The number of hydrogen-bond donors (Lipinski definition) is 3. The zero-order chi connectivity index (χ0) is 32.2. The lowest BCUT2D eigenvalue weighted by Crippen LogP contribution is -2.50. The number of nitrogens with one attached hydrogen (secondary N) is 2. The Morgan fingerprint density at radius 3 is 2.52 bits per heavy atom. The molecule has 3 N–H and O–H groups in total. The zero-order valence-corrected chi connectivity index (χ0v) is 23.8. The molecule has 1 saturated carbocycles. The number of Topliss-reactive ketones (excluding diaryl/α,β-unsaturated/α-hetero) is 1. The Morgan fingerprint density at radius 2 is 1.86 bits per heavy atom. The van der Waals surface area contributed by atoms with E-state index in [4.69, 9.17) is 9.84 Å². The monoisotopic (exact) mass is 624 g/mol. The number of carbonyl (C=O) groups excluding carboxylic acids is 4. The van der Waals surface area contributed by atoms with Gasteiger partial charge in [0.15, 0.2) is 11.4 Å². The Bertz CT molecular complexity index is 1380. The number of carbonyl (C=O) groups is 5. The predicted molar refractivity (Wildman–Crippen MR) is 145 cm³/mol. The van der Waals surface area contributed by atoms with Gasteiger partial charge in [0.05, 0.1) is 12.2 Å². The van der Waals surface area contributed by atoms with Crippen molar-refractivity contribution in [1.29, 1.82) is 0 Å². The number of benzene rings is 1. The van der Waals surface area contributed by atoms with E-state index < -0.39 is 72.4 Å². The van der Waals surface area contributed by atoms with Crippen LogP contribution in [0.5, 0.6) is 0 Å². The highest BCUT2D eigenvalue weighted by molar-refractivity contribution is 6.03. The number of amides is 4. The molecule has 1 aliphatic heterocycles. The molecule has 0 radical (unpaired) electrons. The Kier molecular flexibility index (Phi) is 9.64. The lowest BCUT2D eigenvalue weighted by molar-refractivity contribution is -0.187. The fourth-order valence-corrected chi connectivity index (χ4v) is 5.55. The Labute approximate surface area is 249 Å². The van der Waals surface area contributed by atoms with E-state index >= 15 is 0 Å². The summed E-state index contributed by atoms with van der Waals surface area (Å²) in [6.45, 7) is -0.300. The molecule has 4 rings (SSSR count). The lowest BCUT2D eigenvalue weighted by atomic mass is 9.85. The normalized spacial score (nSPS) is 21.8. The van der Waals surface area contributed by atoms with Crippen molar-refractivity contribution in [3.05, 3.63) is 59.1 Å². The van der Waals surface area contributed by atoms with E-state index in [1.54, 1.807) is 6.08 Å². The van der Waals surface area contributed by atoms with E-state index in [9.17, 15) is 41.5 Å². The molecule has 1 aromatic carbocycles. The van der Waals surface area contributed by atoms with Crippen LogP contribution in [0.15, 0.2) is 47.7 Å². The van der Waals surface area contributed by atoms with Gasteiger partial charge in [0.25, 0.3) is 0 Å². The Balaban J connectivity index is 1.42. The van der Waals surface area contributed by atoms with Crippen LogP contribution in [0.1, 0.15) is 44.6 Å². The number of alkyl halides is 3. The fraction of sp³-hybridized carbons (Fsp3) is 0.483. The molecule has 3 atom stereocenters. The van der Waals surface area contributed by atoms with Crippen molar-refractivity contribution in [2.45, 2.75) is 63.4 Å². The smallest absolute Gasteiger partial charge is 0.411 e. The van der Waals surface area contributed by atoms with Crippen LogP contribution in [-0.4, -0.2) is 82.1 Å². The number of aliphatic carboxylic acids is 1. The summed E-state index contributed by atoms with van der Waals surface area (Å²) >= 11 is 0. The summed E-state index contributed by atoms with van der Waals surface area (Å²) in [7, 11) is 0. The van der Waals surface area contributed by atoms with E-state index in [2.05, 4.69) is 10.6 Å². The number of carboxylic acid groups (broad SMARTS) is 1. The van der Waals surface area contributed by atoms with Crippen LogP contribution in [0.3, 0.4) is 0 Å². The first kappa shape index (κ1) is 32.5. The van der Waals surface area contributed by atoms with Crippen LogP contribution >= 0.6 is 0 Å². The maximum absolute atomic E-state index is 13.7. The third kappa shape index (κ3) is 7.37. The molecule has 3 aliphatic rings. The van der Waals surface area contributed by atoms with Crippen LogP contribution in [0.4, 0.5) is 27.2 Å². The van der Waals surface area contributed by atoms with Crippen LogP contribution in [0.25, 0.3) is 0 Å². The molecule has 4 amide bonds. The second-order valence-electron chi connectivity index (χ2n) is 11.0. The molecular weight excluding hydrogens is 592 g/mol. The standard InChI is InChI=1S/C29H32F4N4O7/c1-17(29(31,32)33)37(14-18-5-7-19(30)8-6-18)23(38)15-36-16-28(44-27(36)43)12-11-20-21(28)9-10-22(25(20)41)35-26(42)34-13-3-2-4-24(39)40/h5-10,17,20H,2-4,11-16H2,1H3,(H,39,40)(H2,34,35,42)/t17?,20?,28-/m0/s1. The van der Waals surface area contributed by atoms with Crippen molar-refractivity contribution >= 4 is 29.8 Å². The third-order valence-corrected chi connectivity index (χ3v) is 7.94. The number of ketones is 1. The van der Waals surface area contributed by atoms with E-state index in [0.717, 1.165) is 24.0 Å². The first-order chi connectivity index (χ1) is 20.7. The molecule has 15 heteroatoms. The van der Waals surface area contributed by atoms with Gasteiger partial charge >= 0.3 is 24.3 Å². The summed E-state index contributed by atoms with van der Waals surface area (Å²) in [6.07, 6.45) is -1.45. The average Bonchev–Trinajstić information content (AvgIpc) is 3.46. The highest BCUT2D eigenvalue weighted by atomic mass is 19.4. The number of carboxylic acids is 1. The minimum atomic E-state index is -4.76. The molecular formula is C29H32F4N4O7. The molecule has 2 fully saturated rings. The lowest BCUT2D eigenvalue weighted by Gasteiger charge is -2.32. The molecule has 0 bridgehead atoms. The second kappa shape index (κ2) is 13.1. The van der Waals surface area contributed by atoms with E-state index in [1.807, 2.05) is 0 Å². The van der Waals surface area contributed by atoms with Crippen molar-refractivity contribution in [3.63, 3.8) is 0 Å². The predicted octanol–water partition coefficient (Wildman–Crippen LogP) is 3.65. The number of fused-ring (bicyclic) bond motifs is 2. The molecule has 2 aliphatic carbocycles. The third-order valence-electron chi connectivity index (χ3n) is 7.94. The second-order valence-corrected chi connectivity index (χ2v) is 11.0. The molecule has 0 aromatic heterocycles. The molecule has 1 heterocycles. The quantitative estimate of drug-likeness (QED) is 0.252. The number of hydrogen-bond acceptors (Lipinski definition) is 6. The van der Waals surface area contributed by atoms with Gasteiger partial charge < -0.3 is 25.4 Å². The van der Waals surface area contributed by atoms with Crippen LogP contribution in [0, 0.1) is 11.7 Å². The molecule has 238 valence electrons. The van der Waals surface area contributed by atoms with Crippen molar-refractivity contribution < 1.29 is 51.4 Å². The highest BCUT2D eigenvalue weighted by Gasteiger charge is 2.56. The number of nitrogens with zero attached hydrogens (tertiary/aromatic N) is 2. The SMILES string of the molecule is CC(N(Cc1ccc(F)cc1)C(=O)CN1C[C@]2(CCC3C(=O)C(NC(=O)NCCCCC(=O)O)=CC=C32)OC1=O)C(F)(F)F. The largest absolute Gasteiger partial charge is 0.481 e. The fourth-order valence-electron chi connectivity index (χ4n) is 5.55. The summed E-state index contributed by atoms with van der Waals surface area (Å²) in [5.74, 6) is -3.63. The highest BCUT2D eigenvalue weighted by Crippen LogP contribution is 2.48. The van der Waals surface area contributed by atoms with Crippen LogP contribution in [-0.2, 0) is 25.7 Å². The van der Waals surface area contributed by atoms with Gasteiger partial charge in [0.1, 0.15) is 18.4 Å². The minimum absolute atomic E-state index is 0.0211. The van der Waals surface area contributed by atoms with Gasteiger partial charge in [0, 0.05) is 25.4 Å². The van der Waals surface area contributed by atoms with Gasteiger partial charge in [0.2, 0.25) is 5.91 Å². The minimum Gasteiger partial charge on any atom is -0.481 e. The number of urea groups is 1. The van der Waals surface area contributed by atoms with E-state index in [1.165, 1.54) is 18.2 Å². The molecule has 44 heavy (non-hydrogen) atoms. The average molecular weight is 625 g/mol. The molecule has 1 saturated heterocycles. The van der Waals surface area contributed by atoms with E-state index in [-0.39, 0.29) is 43.6 Å². The van der Waals surface area contributed by atoms with Gasteiger partial charge in [-0.25, -0.2) is 14.0 Å². The van der Waals surface area contributed by atoms with Crippen LogP contribution in [0.2, 0.25) is 0 Å². The van der Waals surface area contributed by atoms with E-state index in [0.29, 0.717) is 23.3 Å². The summed E-state index contributed by atoms with van der Waals surface area (Å²) in [5.41, 5.74) is -0.502. The topological polar surface area (TPSA) is 145 Å². The van der Waals surface area contributed by atoms with Gasteiger partial charge in [-0.1, -0.05) is 18.2 Å². The van der Waals surface area contributed by atoms with Gasteiger partial charge in [-0.3, -0.25) is 19.3 Å². The molecule has 1 spiro atoms. The van der Waals surface area contributed by atoms with Crippen molar-refractivity contribution in [2.75, 3.05) is 19.6 Å². The summed E-state index contributed by atoms with van der Waals surface area (Å²) in [4.78, 5) is 63.6. The van der Waals surface area contributed by atoms with Gasteiger partial charge in [-0.15, -0.1) is 0 Å². The van der Waals surface area contributed by atoms with Crippen molar-refractivity contribution in [2.24, 2.45) is 5.92 Å². The maximum atomic E-state index is 13.7. The van der Waals surface area contributed by atoms with Crippen LogP contribution < -0.4 is 10.6 Å². The molecule has 11 nitrogen and oxygen atoms in total. The maximum Gasteiger partial charge on any atom is 0.411 e. The summed E-state index contributed by atoms with van der Waals surface area (Å²) in [6, 6.07) is 1.85. The number of halogens is 4. The number of allylic oxidation sites excluding steroid dienone is 3. The Morgan fingerprint density at radius 1 is 1.16 bits per heavy atom. The van der Waals surface area contributed by atoms with Crippen molar-refractivity contribution in [1.82, 2.24) is 20.4 Å². The van der Waals surface area contributed by atoms with Gasteiger partial charge in [-0.05, 0) is 62.0 Å². The molecule has 2 unspecified atom stereocenters. The Hall–Kier alpha value is -4.43. The zero-order valence-electron chi connectivity index (χ0n) is 23.8. The summed E-state index contributed by atoms with van der Waals surface area (Å²) < 4.78 is 59.9. The van der Waals surface area contributed by atoms with Crippen molar-refractivity contribution in [3.8, 4) is 0 Å².